The quantitative estimate of drug-likeness (QED) is 0.0793. The lowest BCUT2D eigenvalue weighted by atomic mass is 9.86. The summed E-state index contributed by atoms with van der Waals surface area (Å²) >= 11 is 1.69. The largest absolute Gasteiger partial charge is 0.494 e. The number of carbonyl (C=O) groups is 2. The molecule has 2 atom stereocenters. The van der Waals surface area contributed by atoms with Crippen LogP contribution >= 0.6 is 11.9 Å². The van der Waals surface area contributed by atoms with E-state index in [2.05, 4.69) is 59.5 Å². The molecule has 2 unspecified atom stereocenters. The zero-order valence-corrected chi connectivity index (χ0v) is 32.5. The number of nitrogens with two attached hydrogens (primary N) is 2. The van der Waals surface area contributed by atoms with Crippen LogP contribution in [0.25, 0.3) is 0 Å². The summed E-state index contributed by atoms with van der Waals surface area (Å²) in [5, 5.41) is 1.43. The average molecular weight is 735 g/mol. The highest BCUT2D eigenvalue weighted by Crippen LogP contribution is 2.42. The lowest BCUT2D eigenvalue weighted by molar-refractivity contribution is -0.143. The third kappa shape index (κ3) is 9.55. The monoisotopic (exact) mass is 734 g/mol. The van der Waals surface area contributed by atoms with Gasteiger partial charge in [-0.15, -0.1) is 0 Å². The van der Waals surface area contributed by atoms with E-state index in [-0.39, 0.29) is 30.5 Å². The van der Waals surface area contributed by atoms with Crippen molar-refractivity contribution in [2.24, 2.45) is 5.84 Å². The Morgan fingerprint density at radius 2 is 1.79 bits per heavy atom. The maximum atomic E-state index is 12.9. The maximum absolute atomic E-state index is 12.9. The molecule has 52 heavy (non-hydrogen) atoms. The first-order valence-electron chi connectivity index (χ1n) is 17.8. The first-order valence-corrected chi connectivity index (χ1v) is 18.6. The topological polar surface area (TPSA) is 136 Å². The molecular formula is C39H54N6O6S. The number of hydrogen-bond donors (Lipinski definition) is 2. The molecule has 12 nitrogen and oxygen atoms in total. The Kier molecular flexibility index (Phi) is 12.4. The van der Waals surface area contributed by atoms with Crippen LogP contribution in [0.2, 0.25) is 0 Å². The lowest BCUT2D eigenvalue weighted by Gasteiger charge is -2.37. The van der Waals surface area contributed by atoms with E-state index in [1.165, 1.54) is 5.01 Å². The van der Waals surface area contributed by atoms with Crippen LogP contribution in [0.3, 0.4) is 0 Å². The molecule has 0 aromatic heterocycles. The highest BCUT2D eigenvalue weighted by molar-refractivity contribution is 7.97. The molecule has 1 fully saturated rings. The van der Waals surface area contributed by atoms with Crippen LogP contribution in [-0.2, 0) is 20.8 Å². The summed E-state index contributed by atoms with van der Waals surface area (Å²) in [6.45, 7) is 16.0. The number of nitrogen functional groups attached to an aromatic ring is 1. The molecule has 0 aliphatic carbocycles. The van der Waals surface area contributed by atoms with Crippen molar-refractivity contribution in [1.29, 1.82) is 0 Å². The van der Waals surface area contributed by atoms with E-state index in [1.54, 1.807) is 37.9 Å². The summed E-state index contributed by atoms with van der Waals surface area (Å²) in [6, 6.07) is 16.5. The number of esters is 1. The summed E-state index contributed by atoms with van der Waals surface area (Å²) in [6.07, 6.45) is -0.175. The first-order chi connectivity index (χ1) is 24.6. The predicted octanol–water partition coefficient (Wildman–Crippen LogP) is 6.33. The highest BCUT2D eigenvalue weighted by atomic mass is 32.2. The Bertz CT molecular complexity index is 1740. The van der Waals surface area contributed by atoms with Gasteiger partial charge >= 0.3 is 12.1 Å². The molecule has 282 valence electrons. The zero-order chi connectivity index (χ0) is 37.7. The van der Waals surface area contributed by atoms with E-state index in [9.17, 15) is 9.59 Å². The van der Waals surface area contributed by atoms with Gasteiger partial charge in [0.2, 0.25) is 0 Å². The number of fused-ring (bicyclic) bond motifs is 1. The minimum Gasteiger partial charge on any atom is -0.494 e. The van der Waals surface area contributed by atoms with Crippen molar-refractivity contribution in [3.63, 3.8) is 0 Å². The Hall–Kier alpha value is -4.33. The van der Waals surface area contributed by atoms with Gasteiger partial charge in [0.05, 0.1) is 30.7 Å². The molecule has 3 aromatic carbocycles. The number of hydrogen-bond acceptors (Lipinski definition) is 12. The average Bonchev–Trinajstić information content (AvgIpc) is 3.23. The molecular weight excluding hydrogens is 681 g/mol. The van der Waals surface area contributed by atoms with Crippen LogP contribution in [0, 0.1) is 6.92 Å². The van der Waals surface area contributed by atoms with E-state index in [1.807, 2.05) is 32.9 Å². The number of benzene rings is 3. The van der Waals surface area contributed by atoms with Gasteiger partial charge in [0.1, 0.15) is 28.9 Å². The minimum absolute atomic E-state index is 0.0531. The summed E-state index contributed by atoms with van der Waals surface area (Å²) in [5.74, 6) is 6.83. The first kappa shape index (κ1) is 38.9. The number of anilines is 3. The third-order valence-corrected chi connectivity index (χ3v) is 10.2. The number of amides is 1. The summed E-state index contributed by atoms with van der Waals surface area (Å²) in [5.41, 5.74) is 12.2. The van der Waals surface area contributed by atoms with E-state index >= 15 is 0 Å². The van der Waals surface area contributed by atoms with Gasteiger partial charge in [0, 0.05) is 64.0 Å². The van der Waals surface area contributed by atoms with E-state index in [4.69, 9.17) is 30.5 Å². The van der Waals surface area contributed by atoms with Crippen molar-refractivity contribution >= 4 is 41.1 Å². The maximum Gasteiger partial charge on any atom is 0.410 e. The van der Waals surface area contributed by atoms with Gasteiger partial charge in [0.15, 0.2) is 0 Å². The Balaban J connectivity index is 1.35. The molecule has 2 aliphatic rings. The van der Waals surface area contributed by atoms with Crippen molar-refractivity contribution in [2.45, 2.75) is 77.0 Å². The molecule has 1 amide bonds. The van der Waals surface area contributed by atoms with Gasteiger partial charge in [-0.3, -0.25) is 4.79 Å². The third-order valence-electron chi connectivity index (χ3n) is 9.14. The highest BCUT2D eigenvalue weighted by Gasteiger charge is 2.29. The smallest absolute Gasteiger partial charge is 0.410 e. The fourth-order valence-electron chi connectivity index (χ4n) is 6.62. The second-order valence-corrected chi connectivity index (χ2v) is 15.6. The van der Waals surface area contributed by atoms with Gasteiger partial charge in [0.25, 0.3) is 0 Å². The number of hydrazine groups is 1. The van der Waals surface area contributed by atoms with E-state index in [0.29, 0.717) is 63.0 Å². The van der Waals surface area contributed by atoms with E-state index < -0.39 is 5.60 Å². The second kappa shape index (κ2) is 16.6. The van der Waals surface area contributed by atoms with Crippen molar-refractivity contribution in [2.75, 3.05) is 69.1 Å². The molecule has 0 saturated carbocycles. The van der Waals surface area contributed by atoms with E-state index in [0.717, 1.165) is 38.6 Å². The van der Waals surface area contributed by atoms with Gasteiger partial charge in [-0.25, -0.2) is 14.9 Å². The van der Waals surface area contributed by atoms with Gasteiger partial charge in [-0.05, 0) is 100 Å². The summed E-state index contributed by atoms with van der Waals surface area (Å²) in [4.78, 5) is 30.6. The standard InChI is InChI=1S/C39H54N6O6S/c1-9-49-36(46)22-31(28-19-32(40)37(42(7)41)34(20-28)48-8)27-11-10-25(2)29(18-27)24-45-23-26(3)50-33-21-30(12-13-35(33)52-45)43-14-16-44(17-15-43)38(47)51-39(4,5)6/h10-13,18-21,26,31H,9,14-17,22-24,40-41H2,1-8H3. The molecule has 1 saturated heterocycles. The van der Waals surface area contributed by atoms with Crippen LogP contribution in [0.1, 0.15) is 69.2 Å². The van der Waals surface area contributed by atoms with Crippen LogP contribution in [-0.4, -0.2) is 86.5 Å². The number of rotatable bonds is 10. The molecule has 0 spiro atoms. The minimum atomic E-state index is -0.516. The molecule has 5 rings (SSSR count). The Labute approximate surface area is 312 Å². The van der Waals surface area contributed by atoms with Gasteiger partial charge in [-0.2, -0.15) is 0 Å². The van der Waals surface area contributed by atoms with Crippen molar-refractivity contribution in [3.05, 3.63) is 70.8 Å². The van der Waals surface area contributed by atoms with Crippen molar-refractivity contribution in [3.8, 4) is 11.5 Å². The molecule has 2 heterocycles. The molecule has 2 aliphatic heterocycles. The molecule has 13 heteroatoms. The SMILES string of the molecule is CCOC(=O)CC(c1ccc(C)c(CN2CC(C)Oc3cc(N4CCN(C(=O)OC(C)(C)C)CC4)ccc3S2)c1)c1cc(N)c(N(C)N)c(OC)c1. The van der Waals surface area contributed by atoms with Crippen LogP contribution in [0.5, 0.6) is 11.5 Å². The van der Waals surface area contributed by atoms with Crippen LogP contribution < -0.4 is 31.0 Å². The normalized spacial score (nSPS) is 17.1. The van der Waals surface area contributed by atoms with Crippen LogP contribution in [0.4, 0.5) is 21.9 Å². The molecule has 3 aromatic rings. The number of piperazine rings is 1. The van der Waals surface area contributed by atoms with Crippen molar-refractivity contribution < 1.29 is 28.5 Å². The number of ether oxygens (including phenoxy) is 4. The molecule has 4 N–H and O–H groups in total. The molecule has 0 radical (unpaired) electrons. The number of carbonyl (C=O) groups excluding carboxylic acids is 2. The van der Waals surface area contributed by atoms with Gasteiger partial charge in [-0.1, -0.05) is 18.2 Å². The van der Waals surface area contributed by atoms with Gasteiger partial charge < -0.3 is 39.5 Å². The second-order valence-electron chi connectivity index (χ2n) is 14.4. The predicted molar refractivity (Wildman–Crippen MR) is 207 cm³/mol. The fourth-order valence-corrected chi connectivity index (χ4v) is 7.71. The summed E-state index contributed by atoms with van der Waals surface area (Å²) < 4.78 is 25.5. The molecule has 0 bridgehead atoms. The van der Waals surface area contributed by atoms with Crippen molar-refractivity contribution in [1.82, 2.24) is 9.21 Å². The Morgan fingerprint density at radius 3 is 2.44 bits per heavy atom. The zero-order valence-electron chi connectivity index (χ0n) is 31.7. The number of methoxy groups -OCH3 is 1. The summed E-state index contributed by atoms with van der Waals surface area (Å²) in [7, 11) is 3.28. The Morgan fingerprint density at radius 1 is 1.06 bits per heavy atom. The number of aryl methyl sites for hydroxylation is 1. The van der Waals surface area contributed by atoms with Crippen LogP contribution in [0.15, 0.2) is 53.4 Å². The fraction of sp³-hybridized carbons (Fsp3) is 0.487. The lowest BCUT2D eigenvalue weighted by Crippen LogP contribution is -2.50. The number of nitrogens with zero attached hydrogens (tertiary/aromatic N) is 4.